The number of halogens is 1. The quantitative estimate of drug-likeness (QED) is 0.846. The summed E-state index contributed by atoms with van der Waals surface area (Å²) < 4.78 is 2.74. The number of amides is 1. The van der Waals surface area contributed by atoms with Crippen molar-refractivity contribution >= 4 is 27.5 Å². The van der Waals surface area contributed by atoms with Crippen molar-refractivity contribution in [3.05, 3.63) is 39.6 Å². The van der Waals surface area contributed by atoms with Gasteiger partial charge in [0.25, 0.3) is 5.91 Å². The van der Waals surface area contributed by atoms with Crippen LogP contribution in [-0.2, 0) is 0 Å². The van der Waals surface area contributed by atoms with E-state index in [1.807, 2.05) is 26.8 Å². The normalized spacial score (nSPS) is 10.6. The number of nitrogens with two attached hydrogens (primary N) is 1. The molecule has 0 bridgehead atoms. The van der Waals surface area contributed by atoms with Gasteiger partial charge in [0.2, 0.25) is 0 Å². The molecular weight excluding hydrogens is 320 g/mol. The standard InChI is InChI=1S/C14H17BrN4O/c1-4-17-14(20)10-5-6-12(11(16)7-10)19-9(3)13(15)8(2)18-19/h5-7H,4,16H2,1-3H3,(H,17,20). The van der Waals surface area contributed by atoms with Gasteiger partial charge >= 0.3 is 0 Å². The third-order valence-corrected chi connectivity index (χ3v) is 4.21. The Balaban J connectivity index is 2.44. The van der Waals surface area contributed by atoms with E-state index in [1.165, 1.54) is 0 Å². The second kappa shape index (κ2) is 5.66. The number of carbonyl (C=O) groups is 1. The number of carbonyl (C=O) groups excluding carboxylic acids is 1. The maximum Gasteiger partial charge on any atom is 0.251 e. The van der Waals surface area contributed by atoms with E-state index in [0.29, 0.717) is 17.8 Å². The summed E-state index contributed by atoms with van der Waals surface area (Å²) in [5, 5.41) is 7.19. The average Bonchev–Trinajstić information content (AvgIpc) is 2.66. The minimum absolute atomic E-state index is 0.125. The summed E-state index contributed by atoms with van der Waals surface area (Å²) in [5.74, 6) is -0.125. The number of benzene rings is 1. The molecule has 20 heavy (non-hydrogen) atoms. The summed E-state index contributed by atoms with van der Waals surface area (Å²) in [7, 11) is 0. The van der Waals surface area contributed by atoms with Crippen molar-refractivity contribution < 1.29 is 4.79 Å². The van der Waals surface area contributed by atoms with Gasteiger partial charge in [-0.05, 0) is 54.9 Å². The van der Waals surface area contributed by atoms with E-state index in [2.05, 4.69) is 26.3 Å². The van der Waals surface area contributed by atoms with Gasteiger partial charge in [0.1, 0.15) is 0 Å². The summed E-state index contributed by atoms with van der Waals surface area (Å²) >= 11 is 3.49. The first-order valence-corrected chi connectivity index (χ1v) is 7.14. The number of anilines is 1. The molecule has 1 aromatic carbocycles. The Morgan fingerprint density at radius 3 is 2.65 bits per heavy atom. The lowest BCUT2D eigenvalue weighted by molar-refractivity contribution is 0.0956. The van der Waals surface area contributed by atoms with E-state index in [4.69, 9.17) is 5.73 Å². The smallest absolute Gasteiger partial charge is 0.251 e. The van der Waals surface area contributed by atoms with Crippen LogP contribution in [0.1, 0.15) is 28.7 Å². The summed E-state index contributed by atoms with van der Waals surface area (Å²) in [4.78, 5) is 11.8. The molecule has 5 nitrogen and oxygen atoms in total. The molecule has 0 aliphatic heterocycles. The van der Waals surface area contributed by atoms with E-state index in [-0.39, 0.29) is 5.91 Å². The molecule has 6 heteroatoms. The van der Waals surface area contributed by atoms with Gasteiger partial charge in [-0.25, -0.2) is 4.68 Å². The van der Waals surface area contributed by atoms with Crippen molar-refractivity contribution in [2.24, 2.45) is 0 Å². The second-order valence-electron chi connectivity index (χ2n) is 4.53. The molecule has 0 saturated heterocycles. The molecule has 0 atom stereocenters. The van der Waals surface area contributed by atoms with Crippen molar-refractivity contribution in [1.82, 2.24) is 15.1 Å². The number of hydrogen-bond acceptors (Lipinski definition) is 3. The van der Waals surface area contributed by atoms with E-state index in [1.54, 1.807) is 16.8 Å². The fourth-order valence-corrected chi connectivity index (χ4v) is 2.26. The lowest BCUT2D eigenvalue weighted by Crippen LogP contribution is -2.22. The van der Waals surface area contributed by atoms with Gasteiger partial charge in [-0.3, -0.25) is 4.79 Å². The topological polar surface area (TPSA) is 72.9 Å². The number of rotatable bonds is 3. The third kappa shape index (κ3) is 2.56. The monoisotopic (exact) mass is 336 g/mol. The van der Waals surface area contributed by atoms with Gasteiger partial charge in [0, 0.05) is 12.1 Å². The Labute approximate surface area is 126 Å². The van der Waals surface area contributed by atoms with Gasteiger partial charge in [-0.15, -0.1) is 0 Å². The van der Waals surface area contributed by atoms with E-state index in [0.717, 1.165) is 21.5 Å². The Hall–Kier alpha value is -1.82. The van der Waals surface area contributed by atoms with Crippen LogP contribution < -0.4 is 11.1 Å². The molecular formula is C14H17BrN4O. The Kier molecular flexibility index (Phi) is 4.13. The molecule has 0 saturated carbocycles. The highest BCUT2D eigenvalue weighted by molar-refractivity contribution is 9.10. The predicted molar refractivity (Wildman–Crippen MR) is 83.2 cm³/mol. The van der Waals surface area contributed by atoms with Gasteiger partial charge in [-0.1, -0.05) is 0 Å². The number of nitrogens with zero attached hydrogens (tertiary/aromatic N) is 2. The van der Waals surface area contributed by atoms with Crippen LogP contribution in [0, 0.1) is 13.8 Å². The third-order valence-electron chi connectivity index (χ3n) is 3.06. The van der Waals surface area contributed by atoms with Gasteiger partial charge in [-0.2, -0.15) is 5.10 Å². The number of nitrogen functional groups attached to an aromatic ring is 1. The van der Waals surface area contributed by atoms with Crippen LogP contribution in [-0.4, -0.2) is 22.2 Å². The van der Waals surface area contributed by atoms with Crippen molar-refractivity contribution in [1.29, 1.82) is 0 Å². The Bertz CT molecular complexity index is 663. The van der Waals surface area contributed by atoms with Gasteiger partial charge in [0.15, 0.2) is 0 Å². The molecule has 1 aromatic heterocycles. The van der Waals surface area contributed by atoms with E-state index < -0.39 is 0 Å². The molecule has 1 heterocycles. The van der Waals surface area contributed by atoms with Crippen LogP contribution in [0.25, 0.3) is 5.69 Å². The SMILES string of the molecule is CCNC(=O)c1ccc(-n2nc(C)c(Br)c2C)c(N)c1. The first kappa shape index (κ1) is 14.6. The lowest BCUT2D eigenvalue weighted by atomic mass is 10.1. The van der Waals surface area contributed by atoms with Crippen molar-refractivity contribution in [2.75, 3.05) is 12.3 Å². The Morgan fingerprint density at radius 1 is 1.45 bits per heavy atom. The molecule has 3 N–H and O–H groups in total. The molecule has 0 aliphatic carbocycles. The summed E-state index contributed by atoms with van der Waals surface area (Å²) in [6.07, 6.45) is 0. The largest absolute Gasteiger partial charge is 0.397 e. The number of nitrogens with one attached hydrogen (secondary N) is 1. The number of hydrogen-bond donors (Lipinski definition) is 2. The lowest BCUT2D eigenvalue weighted by Gasteiger charge is -2.10. The van der Waals surface area contributed by atoms with Crippen LogP contribution in [0.2, 0.25) is 0 Å². The molecule has 0 spiro atoms. The van der Waals surface area contributed by atoms with Gasteiger partial charge in [0.05, 0.1) is 27.2 Å². The molecule has 0 aliphatic rings. The zero-order chi connectivity index (χ0) is 14.9. The molecule has 0 radical (unpaired) electrons. The first-order valence-electron chi connectivity index (χ1n) is 6.35. The zero-order valence-electron chi connectivity index (χ0n) is 11.7. The molecule has 106 valence electrons. The number of aromatic nitrogens is 2. The maximum atomic E-state index is 11.8. The van der Waals surface area contributed by atoms with Crippen molar-refractivity contribution in [2.45, 2.75) is 20.8 Å². The first-order chi connectivity index (χ1) is 9.45. The highest BCUT2D eigenvalue weighted by Crippen LogP contribution is 2.26. The molecule has 2 rings (SSSR count). The Morgan fingerprint density at radius 2 is 2.15 bits per heavy atom. The average molecular weight is 337 g/mol. The van der Waals surface area contributed by atoms with Crippen LogP contribution in [0.3, 0.4) is 0 Å². The summed E-state index contributed by atoms with van der Waals surface area (Å²) in [5.41, 5.74) is 9.77. The highest BCUT2D eigenvalue weighted by atomic mass is 79.9. The van der Waals surface area contributed by atoms with Crippen LogP contribution in [0.4, 0.5) is 5.69 Å². The van der Waals surface area contributed by atoms with Crippen LogP contribution in [0.15, 0.2) is 22.7 Å². The zero-order valence-corrected chi connectivity index (χ0v) is 13.3. The highest BCUT2D eigenvalue weighted by Gasteiger charge is 2.14. The van der Waals surface area contributed by atoms with Crippen LogP contribution >= 0.6 is 15.9 Å². The maximum absolute atomic E-state index is 11.8. The fraction of sp³-hybridized carbons (Fsp3) is 0.286. The van der Waals surface area contributed by atoms with E-state index >= 15 is 0 Å². The fourth-order valence-electron chi connectivity index (χ4n) is 2.01. The minimum atomic E-state index is -0.125. The van der Waals surface area contributed by atoms with E-state index in [9.17, 15) is 4.79 Å². The molecule has 2 aromatic rings. The van der Waals surface area contributed by atoms with Crippen LogP contribution in [0.5, 0.6) is 0 Å². The number of aryl methyl sites for hydroxylation is 1. The van der Waals surface area contributed by atoms with Crippen molar-refractivity contribution in [3.63, 3.8) is 0 Å². The van der Waals surface area contributed by atoms with Crippen molar-refractivity contribution in [3.8, 4) is 5.69 Å². The molecule has 0 fully saturated rings. The second-order valence-corrected chi connectivity index (χ2v) is 5.32. The molecule has 0 unspecified atom stereocenters. The summed E-state index contributed by atoms with van der Waals surface area (Å²) in [6, 6.07) is 5.23. The minimum Gasteiger partial charge on any atom is -0.397 e. The molecule has 1 amide bonds. The predicted octanol–water partition coefficient (Wildman–Crippen LogP) is 2.58. The van der Waals surface area contributed by atoms with Gasteiger partial charge < -0.3 is 11.1 Å². The summed E-state index contributed by atoms with van der Waals surface area (Å²) in [6.45, 7) is 6.35.